The van der Waals surface area contributed by atoms with Gasteiger partial charge in [0.05, 0.1) is 0 Å². The minimum absolute atomic E-state index is 0.152. The molecule has 82 valence electrons. The molecule has 5 heteroatoms. The van der Waals surface area contributed by atoms with Gasteiger partial charge in [-0.25, -0.2) is 8.78 Å². The summed E-state index contributed by atoms with van der Waals surface area (Å²) < 4.78 is 24.6. The molecule has 2 nitrogen and oxygen atoms in total. The van der Waals surface area contributed by atoms with Crippen LogP contribution in [-0.4, -0.2) is 35.7 Å². The molecule has 0 radical (unpaired) electrons. The maximum Gasteiger partial charge on any atom is 0.243 e. The number of rotatable bonds is 3. The Labute approximate surface area is 87.2 Å². The second-order valence-corrected chi connectivity index (χ2v) is 4.07. The van der Waals surface area contributed by atoms with E-state index < -0.39 is 17.7 Å². The van der Waals surface area contributed by atoms with E-state index in [0.717, 1.165) is 0 Å². The standard InChI is InChI=1S/C9H14ClF2NO/c1-2-7(10)9(14)13-4-3-6(5-13)8(11)12/h6-8H,2-5H2,1H3/t6-,7+/m1/s1. The predicted octanol–water partition coefficient (Wildman–Crippen LogP) is 2.12. The normalized spacial score (nSPS) is 24.4. The number of carbonyl (C=O) groups excluding carboxylic acids is 1. The molecule has 0 aliphatic carbocycles. The Morgan fingerprint density at radius 3 is 2.71 bits per heavy atom. The molecule has 0 bridgehead atoms. The fraction of sp³-hybridized carbons (Fsp3) is 0.889. The molecule has 1 fully saturated rings. The number of likely N-dealkylation sites (tertiary alicyclic amines) is 1. The molecule has 0 saturated carbocycles. The van der Waals surface area contributed by atoms with Crippen molar-refractivity contribution in [2.45, 2.75) is 31.6 Å². The molecule has 1 heterocycles. The Kier molecular flexibility index (Phi) is 4.11. The van der Waals surface area contributed by atoms with Gasteiger partial charge in [-0.2, -0.15) is 0 Å². The first-order valence-electron chi connectivity index (χ1n) is 4.77. The van der Waals surface area contributed by atoms with Crippen molar-refractivity contribution in [1.29, 1.82) is 0 Å². The average Bonchev–Trinajstić information content (AvgIpc) is 2.64. The van der Waals surface area contributed by atoms with Crippen LogP contribution in [0.4, 0.5) is 8.78 Å². The second-order valence-electron chi connectivity index (χ2n) is 3.54. The highest BCUT2D eigenvalue weighted by Crippen LogP contribution is 2.24. The van der Waals surface area contributed by atoms with Gasteiger partial charge >= 0.3 is 0 Å². The lowest BCUT2D eigenvalue weighted by Gasteiger charge is -2.18. The number of alkyl halides is 3. The van der Waals surface area contributed by atoms with Gasteiger partial charge in [0.15, 0.2) is 0 Å². The van der Waals surface area contributed by atoms with Gasteiger partial charge in [-0.3, -0.25) is 4.79 Å². The van der Waals surface area contributed by atoms with E-state index in [4.69, 9.17) is 11.6 Å². The molecule has 2 atom stereocenters. The number of nitrogens with zero attached hydrogens (tertiary/aromatic N) is 1. The predicted molar refractivity (Wildman–Crippen MR) is 50.6 cm³/mol. The van der Waals surface area contributed by atoms with Crippen LogP contribution in [0.3, 0.4) is 0 Å². The minimum Gasteiger partial charge on any atom is -0.341 e. The zero-order chi connectivity index (χ0) is 10.7. The number of halogens is 3. The van der Waals surface area contributed by atoms with E-state index in [1.54, 1.807) is 6.92 Å². The molecule has 1 saturated heterocycles. The van der Waals surface area contributed by atoms with E-state index in [9.17, 15) is 13.6 Å². The number of hydrogen-bond acceptors (Lipinski definition) is 1. The lowest BCUT2D eigenvalue weighted by atomic mass is 10.1. The zero-order valence-electron chi connectivity index (χ0n) is 8.05. The van der Waals surface area contributed by atoms with Crippen LogP contribution in [0.1, 0.15) is 19.8 Å². The fourth-order valence-corrected chi connectivity index (χ4v) is 1.70. The molecular formula is C9H14ClF2NO. The van der Waals surface area contributed by atoms with E-state index in [0.29, 0.717) is 19.4 Å². The Hall–Kier alpha value is -0.380. The van der Waals surface area contributed by atoms with Crippen molar-refractivity contribution in [3.05, 3.63) is 0 Å². The summed E-state index contributed by atoms with van der Waals surface area (Å²) in [6, 6.07) is 0. The van der Waals surface area contributed by atoms with Gasteiger partial charge in [0.2, 0.25) is 12.3 Å². The van der Waals surface area contributed by atoms with E-state index >= 15 is 0 Å². The van der Waals surface area contributed by atoms with E-state index in [-0.39, 0.29) is 12.5 Å². The van der Waals surface area contributed by atoms with Crippen molar-refractivity contribution < 1.29 is 13.6 Å². The van der Waals surface area contributed by atoms with Gasteiger partial charge in [-0.15, -0.1) is 11.6 Å². The first-order chi connectivity index (χ1) is 6.56. The van der Waals surface area contributed by atoms with Crippen molar-refractivity contribution in [3.8, 4) is 0 Å². The Balaban J connectivity index is 2.45. The summed E-state index contributed by atoms with van der Waals surface area (Å²) in [5.74, 6) is -0.878. The van der Waals surface area contributed by atoms with Crippen molar-refractivity contribution in [3.63, 3.8) is 0 Å². The Morgan fingerprint density at radius 1 is 1.64 bits per heavy atom. The summed E-state index contributed by atoms with van der Waals surface area (Å²) in [6.07, 6.45) is -1.41. The van der Waals surface area contributed by atoms with Gasteiger partial charge < -0.3 is 4.90 Å². The topological polar surface area (TPSA) is 20.3 Å². The SMILES string of the molecule is CC[C@H](Cl)C(=O)N1CC[C@@H](C(F)F)C1. The number of carbonyl (C=O) groups is 1. The smallest absolute Gasteiger partial charge is 0.243 e. The van der Waals surface area contributed by atoms with Gasteiger partial charge in [-0.05, 0) is 12.8 Å². The molecule has 14 heavy (non-hydrogen) atoms. The third-order valence-corrected chi connectivity index (χ3v) is 3.01. The number of amides is 1. The van der Waals surface area contributed by atoms with Crippen molar-refractivity contribution in [1.82, 2.24) is 4.90 Å². The largest absolute Gasteiger partial charge is 0.341 e. The van der Waals surface area contributed by atoms with E-state index in [1.807, 2.05) is 0 Å². The fourth-order valence-electron chi connectivity index (χ4n) is 1.57. The van der Waals surface area contributed by atoms with Crippen LogP contribution in [0.2, 0.25) is 0 Å². The van der Waals surface area contributed by atoms with Crippen LogP contribution >= 0.6 is 11.6 Å². The maximum atomic E-state index is 12.3. The first kappa shape index (κ1) is 11.7. The molecular weight excluding hydrogens is 212 g/mol. The summed E-state index contributed by atoms with van der Waals surface area (Å²) in [6.45, 7) is 2.37. The Morgan fingerprint density at radius 2 is 2.29 bits per heavy atom. The third-order valence-electron chi connectivity index (χ3n) is 2.52. The van der Waals surface area contributed by atoms with Crippen LogP contribution in [0, 0.1) is 5.92 Å². The molecule has 1 amide bonds. The van der Waals surface area contributed by atoms with Crippen LogP contribution in [0.5, 0.6) is 0 Å². The summed E-state index contributed by atoms with van der Waals surface area (Å²) in [4.78, 5) is 12.9. The van der Waals surface area contributed by atoms with Gasteiger partial charge in [-0.1, -0.05) is 6.92 Å². The summed E-state index contributed by atoms with van der Waals surface area (Å²) in [5, 5.41) is -0.563. The molecule has 1 rings (SSSR count). The van der Waals surface area contributed by atoms with Crippen LogP contribution in [-0.2, 0) is 4.79 Å². The van der Waals surface area contributed by atoms with Crippen molar-refractivity contribution in [2.24, 2.45) is 5.92 Å². The second kappa shape index (κ2) is 4.91. The molecule has 0 N–H and O–H groups in total. The van der Waals surface area contributed by atoms with Crippen molar-refractivity contribution in [2.75, 3.05) is 13.1 Å². The quantitative estimate of drug-likeness (QED) is 0.674. The highest BCUT2D eigenvalue weighted by atomic mass is 35.5. The van der Waals surface area contributed by atoms with Gasteiger partial charge in [0, 0.05) is 19.0 Å². The van der Waals surface area contributed by atoms with E-state index in [2.05, 4.69) is 0 Å². The molecule has 0 aromatic heterocycles. The third kappa shape index (κ3) is 2.56. The van der Waals surface area contributed by atoms with Gasteiger partial charge in [0.25, 0.3) is 0 Å². The van der Waals surface area contributed by atoms with Gasteiger partial charge in [0.1, 0.15) is 5.38 Å². The minimum atomic E-state index is -2.33. The van der Waals surface area contributed by atoms with Crippen LogP contribution in [0.15, 0.2) is 0 Å². The zero-order valence-corrected chi connectivity index (χ0v) is 8.81. The van der Waals surface area contributed by atoms with Crippen molar-refractivity contribution >= 4 is 17.5 Å². The highest BCUT2D eigenvalue weighted by Gasteiger charge is 2.33. The molecule has 0 aromatic rings. The average molecular weight is 226 g/mol. The Bertz CT molecular complexity index is 213. The van der Waals surface area contributed by atoms with E-state index in [1.165, 1.54) is 4.90 Å². The maximum absolute atomic E-state index is 12.3. The summed E-state index contributed by atoms with van der Waals surface area (Å²) in [7, 11) is 0. The lowest BCUT2D eigenvalue weighted by molar-refractivity contribution is -0.130. The first-order valence-corrected chi connectivity index (χ1v) is 5.21. The molecule has 1 aliphatic rings. The molecule has 0 aromatic carbocycles. The lowest BCUT2D eigenvalue weighted by Crippen LogP contribution is -2.35. The highest BCUT2D eigenvalue weighted by molar-refractivity contribution is 6.30. The van der Waals surface area contributed by atoms with Crippen LogP contribution < -0.4 is 0 Å². The summed E-state index contributed by atoms with van der Waals surface area (Å²) >= 11 is 5.74. The van der Waals surface area contributed by atoms with Crippen LogP contribution in [0.25, 0.3) is 0 Å². The number of hydrogen-bond donors (Lipinski definition) is 0. The monoisotopic (exact) mass is 225 g/mol. The molecule has 0 spiro atoms. The molecule has 1 aliphatic heterocycles. The summed E-state index contributed by atoms with van der Waals surface area (Å²) in [5.41, 5.74) is 0. The molecule has 0 unspecified atom stereocenters.